The Morgan fingerprint density at radius 2 is 1.74 bits per heavy atom. The van der Waals surface area contributed by atoms with Crippen molar-refractivity contribution < 1.29 is 27.4 Å². The first-order chi connectivity index (χ1) is 14.6. The van der Waals surface area contributed by atoms with Crippen LogP contribution in [0.25, 0.3) is 0 Å². The molecule has 0 aromatic heterocycles. The first kappa shape index (κ1) is 22.7. The molecule has 0 radical (unpaired) electrons. The summed E-state index contributed by atoms with van der Waals surface area (Å²) in [6.45, 7) is 6.40. The first-order valence-corrected chi connectivity index (χ1v) is 11.9. The van der Waals surface area contributed by atoms with Crippen molar-refractivity contribution in [3.8, 4) is 17.2 Å². The largest absolute Gasteiger partial charge is 0.491 e. The number of hydrogen-bond acceptors (Lipinski definition) is 6. The molecule has 2 aromatic rings. The van der Waals surface area contributed by atoms with Crippen LogP contribution in [0.2, 0.25) is 0 Å². The third kappa shape index (κ3) is 5.81. The van der Waals surface area contributed by atoms with Crippen molar-refractivity contribution >= 4 is 21.6 Å². The smallest absolute Gasteiger partial charge is 0.243 e. The summed E-state index contributed by atoms with van der Waals surface area (Å²) in [4.78, 5) is 12.8. The number of ether oxygens (including phenoxy) is 3. The number of sulfonamides is 1. The van der Waals surface area contributed by atoms with Gasteiger partial charge in [0.2, 0.25) is 15.9 Å². The Morgan fingerprint density at radius 1 is 1.10 bits per heavy atom. The molecular weight excluding hydrogens is 420 g/mol. The minimum atomic E-state index is -3.74. The molecule has 2 aromatic carbocycles. The fraction of sp³-hybridized carbons (Fsp3) is 0.409. The van der Waals surface area contributed by atoms with Gasteiger partial charge in [0.25, 0.3) is 0 Å². The second kappa shape index (κ2) is 9.47. The van der Waals surface area contributed by atoms with Gasteiger partial charge in [0.15, 0.2) is 11.5 Å². The van der Waals surface area contributed by atoms with E-state index in [0.717, 1.165) is 16.1 Å². The number of amides is 1. The molecule has 31 heavy (non-hydrogen) atoms. The second-order valence-electron chi connectivity index (χ2n) is 7.60. The van der Waals surface area contributed by atoms with Crippen LogP contribution in [0.15, 0.2) is 42.5 Å². The molecule has 0 saturated carbocycles. The molecule has 0 aliphatic carbocycles. The van der Waals surface area contributed by atoms with E-state index in [2.05, 4.69) is 5.32 Å². The zero-order valence-electron chi connectivity index (χ0n) is 18.1. The Hall–Kier alpha value is -2.94. The maximum atomic E-state index is 12.8. The predicted molar refractivity (Wildman–Crippen MR) is 118 cm³/mol. The second-order valence-corrected chi connectivity index (χ2v) is 9.46. The van der Waals surface area contributed by atoms with E-state index < -0.39 is 22.0 Å². The van der Waals surface area contributed by atoms with Crippen molar-refractivity contribution in [2.45, 2.75) is 32.9 Å². The highest BCUT2D eigenvalue weighted by atomic mass is 32.2. The van der Waals surface area contributed by atoms with Crippen molar-refractivity contribution in [1.29, 1.82) is 0 Å². The molecule has 1 aliphatic rings. The van der Waals surface area contributed by atoms with Gasteiger partial charge in [0, 0.05) is 6.07 Å². The molecule has 1 N–H and O–H groups in total. The van der Waals surface area contributed by atoms with Gasteiger partial charge >= 0.3 is 0 Å². The highest BCUT2D eigenvalue weighted by Gasteiger charge is 2.30. The molecule has 3 rings (SSSR count). The van der Waals surface area contributed by atoms with Crippen LogP contribution in [0, 0.1) is 6.92 Å². The van der Waals surface area contributed by atoms with Crippen LogP contribution in [0.3, 0.4) is 0 Å². The van der Waals surface area contributed by atoms with Crippen molar-refractivity contribution in [2.24, 2.45) is 0 Å². The van der Waals surface area contributed by atoms with E-state index >= 15 is 0 Å². The Balaban J connectivity index is 1.69. The van der Waals surface area contributed by atoms with Gasteiger partial charge in [-0.25, -0.2) is 8.42 Å². The Kier molecular flexibility index (Phi) is 6.94. The van der Waals surface area contributed by atoms with Crippen LogP contribution in [0.5, 0.6) is 17.2 Å². The predicted octanol–water partition coefficient (Wildman–Crippen LogP) is 2.50. The number of carbonyl (C=O) groups is 1. The summed E-state index contributed by atoms with van der Waals surface area (Å²) in [6.07, 6.45) is 1.07. The monoisotopic (exact) mass is 448 g/mol. The van der Waals surface area contributed by atoms with E-state index in [1.165, 1.54) is 0 Å². The maximum absolute atomic E-state index is 12.8. The molecule has 1 aliphatic heterocycles. The molecule has 168 valence electrons. The topological polar surface area (TPSA) is 94.2 Å². The van der Waals surface area contributed by atoms with E-state index in [9.17, 15) is 13.2 Å². The number of carbonyl (C=O) groups excluding carboxylic acids is 1. The molecular formula is C22H28N2O6S. The Bertz CT molecular complexity index is 1020. The van der Waals surface area contributed by atoms with E-state index in [4.69, 9.17) is 14.2 Å². The standard InChI is InChI=1S/C22H28N2O6S/c1-15-5-8-19(9-6-15)30-14-16(2)23-22(25)17(3)24(31(4,26)27)18-7-10-20-21(13-18)29-12-11-28-20/h5-10,13,16-17H,11-12,14H2,1-4H3,(H,23,25)/t16-,17+/m0/s1. The van der Waals surface area contributed by atoms with Gasteiger partial charge in [-0.05, 0) is 45.0 Å². The van der Waals surface area contributed by atoms with Gasteiger partial charge in [-0.3, -0.25) is 9.10 Å². The summed E-state index contributed by atoms with van der Waals surface area (Å²) >= 11 is 0. The van der Waals surface area contributed by atoms with Crippen molar-refractivity contribution in [1.82, 2.24) is 5.32 Å². The number of aryl methyl sites for hydroxylation is 1. The summed E-state index contributed by atoms with van der Waals surface area (Å²) in [5.41, 5.74) is 1.46. The lowest BCUT2D eigenvalue weighted by atomic mass is 10.2. The molecule has 8 nitrogen and oxygen atoms in total. The normalized spacial score (nSPS) is 15.0. The van der Waals surface area contributed by atoms with Crippen molar-refractivity contribution in [2.75, 3.05) is 30.4 Å². The maximum Gasteiger partial charge on any atom is 0.243 e. The lowest BCUT2D eigenvalue weighted by Crippen LogP contribution is -2.50. The number of anilines is 1. The zero-order valence-corrected chi connectivity index (χ0v) is 18.9. The first-order valence-electron chi connectivity index (χ1n) is 10.0. The van der Waals surface area contributed by atoms with Gasteiger partial charge in [-0.2, -0.15) is 0 Å². The number of fused-ring (bicyclic) bond motifs is 1. The highest BCUT2D eigenvalue weighted by molar-refractivity contribution is 7.92. The number of rotatable bonds is 8. The minimum Gasteiger partial charge on any atom is -0.491 e. The molecule has 1 heterocycles. The zero-order chi connectivity index (χ0) is 22.6. The van der Waals surface area contributed by atoms with Crippen LogP contribution in [-0.4, -0.2) is 52.5 Å². The van der Waals surface area contributed by atoms with Crippen LogP contribution in [-0.2, 0) is 14.8 Å². The lowest BCUT2D eigenvalue weighted by Gasteiger charge is -2.30. The fourth-order valence-corrected chi connectivity index (χ4v) is 4.41. The molecule has 0 fully saturated rings. The summed E-state index contributed by atoms with van der Waals surface area (Å²) in [6, 6.07) is 11.1. The van der Waals surface area contributed by atoms with Gasteiger partial charge in [-0.15, -0.1) is 0 Å². The van der Waals surface area contributed by atoms with E-state index in [1.54, 1.807) is 32.0 Å². The van der Waals surface area contributed by atoms with Crippen molar-refractivity contribution in [3.63, 3.8) is 0 Å². The Morgan fingerprint density at radius 3 is 2.39 bits per heavy atom. The van der Waals surface area contributed by atoms with Gasteiger partial charge in [0.1, 0.15) is 31.6 Å². The fourth-order valence-electron chi connectivity index (χ4n) is 3.24. The summed E-state index contributed by atoms with van der Waals surface area (Å²) in [7, 11) is -3.74. The third-order valence-electron chi connectivity index (χ3n) is 4.78. The molecule has 9 heteroatoms. The van der Waals surface area contributed by atoms with Gasteiger partial charge in [0.05, 0.1) is 18.0 Å². The lowest BCUT2D eigenvalue weighted by molar-refractivity contribution is -0.122. The Labute approximate surface area is 183 Å². The van der Waals surface area contributed by atoms with Crippen LogP contribution < -0.4 is 23.8 Å². The number of benzene rings is 2. The van der Waals surface area contributed by atoms with E-state index in [1.807, 2.05) is 31.2 Å². The molecule has 1 amide bonds. The molecule has 0 unspecified atom stereocenters. The average molecular weight is 449 g/mol. The molecule has 0 saturated heterocycles. The van der Waals surface area contributed by atoms with Crippen LogP contribution in [0.1, 0.15) is 19.4 Å². The van der Waals surface area contributed by atoms with E-state index in [-0.39, 0.29) is 12.6 Å². The summed E-state index contributed by atoms with van der Waals surface area (Å²) in [5.74, 6) is 1.27. The highest BCUT2D eigenvalue weighted by Crippen LogP contribution is 2.35. The van der Waals surface area contributed by atoms with Gasteiger partial charge < -0.3 is 19.5 Å². The average Bonchev–Trinajstić information content (AvgIpc) is 2.72. The molecule has 0 bridgehead atoms. The molecule has 0 spiro atoms. The summed E-state index contributed by atoms with van der Waals surface area (Å²) < 4.78 is 42.9. The van der Waals surface area contributed by atoms with Crippen LogP contribution in [0.4, 0.5) is 5.69 Å². The number of nitrogens with zero attached hydrogens (tertiary/aromatic N) is 1. The van der Waals surface area contributed by atoms with Crippen LogP contribution >= 0.6 is 0 Å². The molecule has 2 atom stereocenters. The minimum absolute atomic E-state index is 0.254. The van der Waals surface area contributed by atoms with E-state index in [0.29, 0.717) is 36.1 Å². The van der Waals surface area contributed by atoms with Crippen molar-refractivity contribution in [3.05, 3.63) is 48.0 Å². The third-order valence-corrected chi connectivity index (χ3v) is 6.02. The summed E-state index contributed by atoms with van der Waals surface area (Å²) in [5, 5.41) is 2.82. The SMILES string of the molecule is Cc1ccc(OC[C@H](C)NC(=O)[C@@H](C)N(c2ccc3c(c2)OCCO3)S(C)(=O)=O)cc1. The number of nitrogens with one attached hydrogen (secondary N) is 1. The quantitative estimate of drug-likeness (QED) is 0.667. The van der Waals surface area contributed by atoms with Gasteiger partial charge in [-0.1, -0.05) is 17.7 Å². The number of hydrogen-bond donors (Lipinski definition) is 1.